The van der Waals surface area contributed by atoms with Crippen molar-refractivity contribution in [2.24, 2.45) is 0 Å². The highest BCUT2D eigenvalue weighted by molar-refractivity contribution is 5.99. The highest BCUT2D eigenvalue weighted by Gasteiger charge is 2.19. The summed E-state index contributed by atoms with van der Waals surface area (Å²) in [5.74, 6) is -0.404. The molecule has 1 aromatic carbocycles. The number of nitriles is 1. The number of non-ortho nitro benzene ring substituents is 1. The minimum absolute atomic E-state index is 0.0917. The first-order valence-corrected chi connectivity index (χ1v) is 5.71. The first-order valence-electron chi connectivity index (χ1n) is 5.71. The number of nitrogen functional groups attached to an aromatic ring is 1. The molecule has 0 fully saturated rings. The molecule has 0 unspecified atom stereocenters. The lowest BCUT2D eigenvalue weighted by Crippen LogP contribution is -2.32. The number of nitrogens with zero attached hydrogens (tertiary/aromatic N) is 3. The summed E-state index contributed by atoms with van der Waals surface area (Å²) in [6, 6.07) is 5.69. The summed E-state index contributed by atoms with van der Waals surface area (Å²) >= 11 is 0. The minimum Gasteiger partial charge on any atom is -0.398 e. The van der Waals surface area contributed by atoms with Gasteiger partial charge < -0.3 is 10.6 Å². The van der Waals surface area contributed by atoms with E-state index in [-0.39, 0.29) is 29.9 Å². The molecule has 100 valence electrons. The normalized spacial score (nSPS) is 9.68. The van der Waals surface area contributed by atoms with Crippen LogP contribution < -0.4 is 5.73 Å². The fourth-order valence-corrected chi connectivity index (χ4v) is 1.60. The van der Waals surface area contributed by atoms with E-state index in [1.807, 2.05) is 6.07 Å². The van der Waals surface area contributed by atoms with Crippen molar-refractivity contribution in [3.8, 4) is 6.07 Å². The Kier molecular flexibility index (Phi) is 4.83. The second-order valence-corrected chi connectivity index (χ2v) is 3.82. The maximum atomic E-state index is 12.2. The lowest BCUT2D eigenvalue weighted by molar-refractivity contribution is -0.384. The zero-order valence-corrected chi connectivity index (χ0v) is 10.5. The van der Waals surface area contributed by atoms with Crippen LogP contribution in [0.2, 0.25) is 0 Å². The second-order valence-electron chi connectivity index (χ2n) is 3.82. The van der Waals surface area contributed by atoms with Crippen molar-refractivity contribution < 1.29 is 9.72 Å². The number of nitro groups is 1. The summed E-state index contributed by atoms with van der Waals surface area (Å²) < 4.78 is 0. The van der Waals surface area contributed by atoms with Crippen molar-refractivity contribution in [1.82, 2.24) is 4.90 Å². The summed E-state index contributed by atoms with van der Waals surface area (Å²) in [4.78, 5) is 23.7. The Labute approximate surface area is 110 Å². The average Bonchev–Trinajstić information content (AvgIpc) is 2.39. The van der Waals surface area contributed by atoms with Gasteiger partial charge in [-0.2, -0.15) is 5.26 Å². The third kappa shape index (κ3) is 3.42. The molecule has 0 radical (unpaired) electrons. The molecule has 1 aromatic rings. The van der Waals surface area contributed by atoms with E-state index in [9.17, 15) is 14.9 Å². The van der Waals surface area contributed by atoms with Crippen molar-refractivity contribution >= 4 is 17.3 Å². The largest absolute Gasteiger partial charge is 0.398 e. The number of nitrogens with two attached hydrogens (primary N) is 1. The van der Waals surface area contributed by atoms with Gasteiger partial charge in [-0.25, -0.2) is 0 Å². The van der Waals surface area contributed by atoms with Gasteiger partial charge in [0.2, 0.25) is 0 Å². The van der Waals surface area contributed by atoms with Crippen LogP contribution in [-0.4, -0.2) is 28.8 Å². The maximum Gasteiger partial charge on any atom is 0.270 e. The van der Waals surface area contributed by atoms with Gasteiger partial charge in [0.1, 0.15) is 0 Å². The van der Waals surface area contributed by atoms with Gasteiger partial charge in [-0.3, -0.25) is 14.9 Å². The number of carbonyl (C=O) groups excluding carboxylic acids is 1. The number of hydrogen-bond donors (Lipinski definition) is 1. The Hall–Kier alpha value is -2.62. The SMILES string of the molecule is CCN(CCC#N)C(=O)c1cc([N+](=O)[O-])ccc1N. The fraction of sp³-hybridized carbons (Fsp3) is 0.333. The molecule has 0 atom stereocenters. The van der Waals surface area contributed by atoms with Gasteiger partial charge in [0.05, 0.1) is 23.0 Å². The van der Waals surface area contributed by atoms with Gasteiger partial charge in [0.25, 0.3) is 11.6 Å². The summed E-state index contributed by atoms with van der Waals surface area (Å²) in [5, 5.41) is 19.2. The van der Waals surface area contributed by atoms with E-state index in [2.05, 4.69) is 0 Å². The van der Waals surface area contributed by atoms with Crippen LogP contribution in [0.25, 0.3) is 0 Å². The zero-order chi connectivity index (χ0) is 14.4. The second kappa shape index (κ2) is 6.35. The standard InChI is InChI=1S/C12H14N4O3/c1-2-15(7-3-6-13)12(17)10-8-9(16(18)19)4-5-11(10)14/h4-5,8H,2-3,7,14H2,1H3. The highest BCUT2D eigenvalue weighted by Crippen LogP contribution is 2.21. The molecule has 1 rings (SSSR count). The Balaban J connectivity index is 3.06. The van der Waals surface area contributed by atoms with E-state index < -0.39 is 10.8 Å². The molecule has 0 aromatic heterocycles. The number of carbonyl (C=O) groups is 1. The van der Waals surface area contributed by atoms with E-state index in [1.165, 1.54) is 17.0 Å². The molecule has 0 saturated heterocycles. The lowest BCUT2D eigenvalue weighted by Gasteiger charge is -2.20. The van der Waals surface area contributed by atoms with E-state index in [1.54, 1.807) is 6.92 Å². The molecule has 2 N–H and O–H groups in total. The van der Waals surface area contributed by atoms with E-state index in [0.29, 0.717) is 6.54 Å². The molecule has 0 aliphatic carbocycles. The van der Waals surface area contributed by atoms with Crippen molar-refractivity contribution in [1.29, 1.82) is 5.26 Å². The highest BCUT2D eigenvalue weighted by atomic mass is 16.6. The van der Waals surface area contributed by atoms with Crippen molar-refractivity contribution in [2.45, 2.75) is 13.3 Å². The topological polar surface area (TPSA) is 113 Å². The van der Waals surface area contributed by atoms with Crippen LogP contribution >= 0.6 is 0 Å². The third-order valence-corrected chi connectivity index (χ3v) is 2.64. The Bertz CT molecular complexity index is 536. The Morgan fingerprint density at radius 2 is 2.26 bits per heavy atom. The monoisotopic (exact) mass is 262 g/mol. The molecule has 19 heavy (non-hydrogen) atoms. The van der Waals surface area contributed by atoms with E-state index in [4.69, 9.17) is 11.0 Å². The number of amides is 1. The molecule has 0 bridgehead atoms. The van der Waals surface area contributed by atoms with Crippen LogP contribution in [0.1, 0.15) is 23.7 Å². The molecular formula is C12H14N4O3. The number of benzene rings is 1. The lowest BCUT2D eigenvalue weighted by atomic mass is 10.1. The van der Waals surface area contributed by atoms with E-state index >= 15 is 0 Å². The summed E-state index contributed by atoms with van der Waals surface area (Å²) in [5.41, 5.74) is 5.77. The molecule has 0 aliphatic heterocycles. The van der Waals surface area contributed by atoms with Gasteiger partial charge in [-0.05, 0) is 13.0 Å². The maximum absolute atomic E-state index is 12.2. The molecule has 0 saturated carbocycles. The molecule has 7 heteroatoms. The van der Waals surface area contributed by atoms with Crippen molar-refractivity contribution in [2.75, 3.05) is 18.8 Å². The number of nitro benzene ring substituents is 1. The zero-order valence-electron chi connectivity index (χ0n) is 10.5. The molecule has 0 heterocycles. The van der Waals surface area contributed by atoms with Crippen LogP contribution in [0.3, 0.4) is 0 Å². The van der Waals surface area contributed by atoms with Gasteiger partial charge in [0, 0.05) is 30.9 Å². The van der Waals surface area contributed by atoms with Gasteiger partial charge in [-0.1, -0.05) is 0 Å². The average molecular weight is 262 g/mol. The Morgan fingerprint density at radius 1 is 1.58 bits per heavy atom. The van der Waals surface area contributed by atoms with E-state index in [0.717, 1.165) is 6.07 Å². The molecule has 0 spiro atoms. The number of hydrogen-bond acceptors (Lipinski definition) is 5. The number of anilines is 1. The summed E-state index contributed by atoms with van der Waals surface area (Å²) in [7, 11) is 0. The van der Waals surface area contributed by atoms with Gasteiger partial charge in [0.15, 0.2) is 0 Å². The fourth-order valence-electron chi connectivity index (χ4n) is 1.60. The predicted molar refractivity (Wildman–Crippen MR) is 69.3 cm³/mol. The summed E-state index contributed by atoms with van der Waals surface area (Å²) in [6.45, 7) is 2.44. The minimum atomic E-state index is -0.582. The smallest absolute Gasteiger partial charge is 0.270 e. The van der Waals surface area contributed by atoms with Gasteiger partial charge in [-0.15, -0.1) is 0 Å². The quantitative estimate of drug-likeness (QED) is 0.491. The first kappa shape index (κ1) is 14.4. The molecule has 1 amide bonds. The van der Waals surface area contributed by atoms with Crippen LogP contribution in [0.5, 0.6) is 0 Å². The van der Waals surface area contributed by atoms with Crippen molar-refractivity contribution in [3.05, 3.63) is 33.9 Å². The van der Waals surface area contributed by atoms with Crippen molar-refractivity contribution in [3.63, 3.8) is 0 Å². The predicted octanol–water partition coefficient (Wildman–Crippen LogP) is 1.55. The Morgan fingerprint density at radius 3 is 2.79 bits per heavy atom. The van der Waals surface area contributed by atoms with Crippen LogP contribution in [0, 0.1) is 21.4 Å². The molecule has 7 nitrogen and oxygen atoms in total. The summed E-state index contributed by atoms with van der Waals surface area (Å²) in [6.07, 6.45) is 0.203. The molecular weight excluding hydrogens is 248 g/mol. The van der Waals surface area contributed by atoms with Crippen LogP contribution in [-0.2, 0) is 0 Å². The third-order valence-electron chi connectivity index (χ3n) is 2.64. The number of rotatable bonds is 5. The molecule has 0 aliphatic rings. The first-order chi connectivity index (χ1) is 9.01. The van der Waals surface area contributed by atoms with Crippen LogP contribution in [0.4, 0.5) is 11.4 Å². The van der Waals surface area contributed by atoms with Gasteiger partial charge >= 0.3 is 0 Å². The van der Waals surface area contributed by atoms with Crippen LogP contribution in [0.15, 0.2) is 18.2 Å².